The third-order valence-corrected chi connectivity index (χ3v) is 2.50. The second kappa shape index (κ2) is 4.56. The number of carbonyl (C=O) groups excluding carboxylic acids is 1. The number of rotatable bonds is 3. The number of hydrogen-bond acceptors (Lipinski definition) is 2. The summed E-state index contributed by atoms with van der Waals surface area (Å²) in [5, 5.41) is 0. The molecule has 0 bridgehead atoms. The summed E-state index contributed by atoms with van der Waals surface area (Å²) in [6.07, 6.45) is 3.99. The van der Waals surface area contributed by atoms with Crippen LogP contribution in [-0.2, 0) is 9.53 Å². The monoisotopic (exact) mass is 182 g/mol. The van der Waals surface area contributed by atoms with Gasteiger partial charge in [0.2, 0.25) is 0 Å². The van der Waals surface area contributed by atoms with Crippen LogP contribution in [0.15, 0.2) is 12.7 Å². The van der Waals surface area contributed by atoms with E-state index in [4.69, 9.17) is 4.74 Å². The highest BCUT2D eigenvalue weighted by molar-refractivity contribution is 5.83. The van der Waals surface area contributed by atoms with E-state index >= 15 is 0 Å². The minimum Gasteiger partial charge on any atom is -0.367 e. The van der Waals surface area contributed by atoms with Crippen LogP contribution in [0.1, 0.15) is 33.1 Å². The van der Waals surface area contributed by atoms with Crippen LogP contribution in [0, 0.1) is 5.92 Å². The molecule has 2 heteroatoms. The van der Waals surface area contributed by atoms with Crippen molar-refractivity contribution < 1.29 is 9.53 Å². The molecule has 74 valence electrons. The Morgan fingerprint density at radius 3 is 2.92 bits per heavy atom. The number of ether oxygens (including phenoxy) is 1. The zero-order valence-corrected chi connectivity index (χ0v) is 8.45. The summed E-state index contributed by atoms with van der Waals surface area (Å²) < 4.78 is 5.68. The maximum Gasteiger partial charge on any atom is 0.161 e. The van der Waals surface area contributed by atoms with Crippen LogP contribution in [-0.4, -0.2) is 18.0 Å². The van der Waals surface area contributed by atoms with Crippen molar-refractivity contribution >= 4 is 5.78 Å². The Labute approximate surface area is 80.0 Å². The van der Waals surface area contributed by atoms with Gasteiger partial charge in [0.1, 0.15) is 6.10 Å². The smallest absolute Gasteiger partial charge is 0.161 e. The predicted molar refractivity (Wildman–Crippen MR) is 52.6 cm³/mol. The molecule has 1 heterocycles. The number of ketones is 1. The third kappa shape index (κ3) is 2.66. The Kier molecular flexibility index (Phi) is 3.67. The Morgan fingerprint density at radius 2 is 2.38 bits per heavy atom. The zero-order chi connectivity index (χ0) is 9.84. The molecule has 13 heavy (non-hydrogen) atoms. The molecule has 0 spiro atoms. The molecule has 1 aliphatic heterocycles. The second-order valence-corrected chi connectivity index (χ2v) is 3.94. The molecule has 0 aromatic carbocycles. The molecule has 0 aromatic rings. The number of carbonyl (C=O) groups is 1. The molecule has 2 atom stereocenters. The summed E-state index contributed by atoms with van der Waals surface area (Å²) in [4.78, 5) is 11.4. The minimum absolute atomic E-state index is 0.223. The summed E-state index contributed by atoms with van der Waals surface area (Å²) in [6.45, 7) is 7.89. The number of hydrogen-bond donors (Lipinski definition) is 0. The third-order valence-electron chi connectivity index (χ3n) is 2.50. The average molecular weight is 182 g/mol. The molecule has 1 saturated heterocycles. The molecule has 0 amide bonds. The van der Waals surface area contributed by atoms with Crippen LogP contribution < -0.4 is 0 Å². The van der Waals surface area contributed by atoms with Crippen molar-refractivity contribution in [3.63, 3.8) is 0 Å². The fraction of sp³-hybridized carbons (Fsp3) is 0.727. The Morgan fingerprint density at radius 1 is 1.69 bits per heavy atom. The highest BCUT2D eigenvalue weighted by atomic mass is 16.5. The van der Waals surface area contributed by atoms with Gasteiger partial charge in [-0.05, 0) is 18.8 Å². The van der Waals surface area contributed by atoms with E-state index in [1.165, 1.54) is 0 Å². The molecular formula is C11H18O2. The van der Waals surface area contributed by atoms with Crippen molar-refractivity contribution in [3.05, 3.63) is 12.7 Å². The molecule has 0 radical (unpaired) electrons. The largest absolute Gasteiger partial charge is 0.367 e. The van der Waals surface area contributed by atoms with Crippen LogP contribution >= 0.6 is 0 Å². The van der Waals surface area contributed by atoms with Gasteiger partial charge in [-0.2, -0.15) is 0 Å². The Hall–Kier alpha value is -0.630. The fourth-order valence-electron chi connectivity index (χ4n) is 1.63. The van der Waals surface area contributed by atoms with E-state index in [9.17, 15) is 4.79 Å². The van der Waals surface area contributed by atoms with Gasteiger partial charge in [-0.3, -0.25) is 4.79 Å². The highest BCUT2D eigenvalue weighted by Gasteiger charge is 2.29. The van der Waals surface area contributed by atoms with Gasteiger partial charge in [0.25, 0.3) is 0 Å². The number of Topliss-reactive ketones (excluding diaryl/α,β-unsaturated/α-hetero) is 1. The van der Waals surface area contributed by atoms with E-state index in [-0.39, 0.29) is 18.0 Å². The molecular weight excluding hydrogens is 164 g/mol. The van der Waals surface area contributed by atoms with E-state index in [0.29, 0.717) is 18.8 Å². The van der Waals surface area contributed by atoms with Crippen molar-refractivity contribution in [1.82, 2.24) is 0 Å². The standard InChI is InChI=1S/C11H18O2/c1-4-5-11-9(12)6-7-10(13-11)8(2)3/h4,8,10-11H,1,5-7H2,2-3H3/t10-,11-/m1/s1. The normalized spacial score (nSPS) is 29.3. The van der Waals surface area contributed by atoms with E-state index in [1.54, 1.807) is 6.08 Å². The van der Waals surface area contributed by atoms with Gasteiger partial charge < -0.3 is 4.74 Å². The van der Waals surface area contributed by atoms with E-state index < -0.39 is 0 Å². The quantitative estimate of drug-likeness (QED) is 0.626. The summed E-state index contributed by atoms with van der Waals surface area (Å²) in [5.41, 5.74) is 0. The van der Waals surface area contributed by atoms with Crippen molar-refractivity contribution in [2.45, 2.75) is 45.3 Å². The van der Waals surface area contributed by atoms with E-state index in [2.05, 4.69) is 20.4 Å². The molecule has 0 N–H and O–H groups in total. The zero-order valence-electron chi connectivity index (χ0n) is 8.45. The molecule has 1 aliphatic rings. The second-order valence-electron chi connectivity index (χ2n) is 3.94. The van der Waals surface area contributed by atoms with Crippen molar-refractivity contribution in [3.8, 4) is 0 Å². The van der Waals surface area contributed by atoms with E-state index in [1.807, 2.05) is 0 Å². The molecule has 1 rings (SSSR count). The highest BCUT2D eigenvalue weighted by Crippen LogP contribution is 2.23. The predicted octanol–water partition coefficient (Wildman–Crippen LogP) is 2.34. The SMILES string of the molecule is C=CC[C@H]1O[C@@H](C(C)C)CCC1=O. The van der Waals surface area contributed by atoms with Gasteiger partial charge in [-0.1, -0.05) is 19.9 Å². The fourth-order valence-corrected chi connectivity index (χ4v) is 1.63. The summed E-state index contributed by atoms with van der Waals surface area (Å²) in [5.74, 6) is 0.734. The lowest BCUT2D eigenvalue weighted by Crippen LogP contribution is -2.37. The molecule has 2 nitrogen and oxygen atoms in total. The maximum atomic E-state index is 11.4. The maximum absolute atomic E-state index is 11.4. The summed E-state index contributed by atoms with van der Waals surface area (Å²) in [6, 6.07) is 0. The molecule has 0 unspecified atom stereocenters. The minimum atomic E-state index is -0.223. The lowest BCUT2D eigenvalue weighted by atomic mass is 9.94. The van der Waals surface area contributed by atoms with Crippen LogP contribution in [0.3, 0.4) is 0 Å². The van der Waals surface area contributed by atoms with Crippen molar-refractivity contribution in [1.29, 1.82) is 0 Å². The van der Waals surface area contributed by atoms with Gasteiger partial charge >= 0.3 is 0 Å². The van der Waals surface area contributed by atoms with Crippen LogP contribution in [0.25, 0.3) is 0 Å². The van der Waals surface area contributed by atoms with Gasteiger partial charge in [-0.15, -0.1) is 6.58 Å². The van der Waals surface area contributed by atoms with Crippen molar-refractivity contribution in [2.24, 2.45) is 5.92 Å². The van der Waals surface area contributed by atoms with Crippen LogP contribution in [0.4, 0.5) is 0 Å². The lowest BCUT2D eigenvalue weighted by Gasteiger charge is -2.30. The lowest BCUT2D eigenvalue weighted by molar-refractivity contribution is -0.145. The van der Waals surface area contributed by atoms with Gasteiger partial charge in [0, 0.05) is 6.42 Å². The first-order valence-electron chi connectivity index (χ1n) is 4.94. The Bertz CT molecular complexity index is 196. The van der Waals surface area contributed by atoms with Crippen molar-refractivity contribution in [2.75, 3.05) is 0 Å². The first-order valence-corrected chi connectivity index (χ1v) is 4.94. The van der Waals surface area contributed by atoms with Crippen LogP contribution in [0.5, 0.6) is 0 Å². The average Bonchev–Trinajstić information content (AvgIpc) is 2.08. The van der Waals surface area contributed by atoms with Crippen LogP contribution in [0.2, 0.25) is 0 Å². The van der Waals surface area contributed by atoms with Gasteiger partial charge in [-0.25, -0.2) is 0 Å². The molecule has 1 fully saturated rings. The molecule has 0 aliphatic carbocycles. The Balaban J connectivity index is 2.52. The summed E-state index contributed by atoms with van der Waals surface area (Å²) >= 11 is 0. The summed E-state index contributed by atoms with van der Waals surface area (Å²) in [7, 11) is 0. The van der Waals surface area contributed by atoms with E-state index in [0.717, 1.165) is 6.42 Å². The molecule has 0 saturated carbocycles. The first kappa shape index (κ1) is 10.5. The van der Waals surface area contributed by atoms with Gasteiger partial charge in [0.05, 0.1) is 6.10 Å². The first-order chi connectivity index (χ1) is 6.15. The molecule has 0 aromatic heterocycles. The van der Waals surface area contributed by atoms with Gasteiger partial charge in [0.15, 0.2) is 5.78 Å². The topological polar surface area (TPSA) is 26.3 Å².